The van der Waals surface area contributed by atoms with E-state index >= 15 is 0 Å². The highest BCUT2D eigenvalue weighted by molar-refractivity contribution is 7.22. The van der Waals surface area contributed by atoms with Gasteiger partial charge in [0.1, 0.15) is 11.5 Å². The Kier molecular flexibility index (Phi) is 5.73. The van der Waals surface area contributed by atoms with Gasteiger partial charge in [0, 0.05) is 17.7 Å². The topological polar surface area (TPSA) is 123 Å². The summed E-state index contributed by atoms with van der Waals surface area (Å²) in [6.45, 7) is 1.95. The number of rotatable bonds is 5. The zero-order valence-corrected chi connectivity index (χ0v) is 20.0. The van der Waals surface area contributed by atoms with Crippen LogP contribution >= 0.6 is 11.3 Å². The number of fused-ring (bicyclic) bond motifs is 1. The lowest BCUT2D eigenvalue weighted by Crippen LogP contribution is -2.29. The molecule has 1 N–H and O–H groups in total. The summed E-state index contributed by atoms with van der Waals surface area (Å²) in [6.07, 6.45) is 0. The molecule has 0 bridgehead atoms. The molecule has 3 aromatic carbocycles. The minimum atomic E-state index is -1.00. The third kappa shape index (κ3) is 3.87. The molecule has 9 nitrogen and oxygen atoms in total. The Bertz CT molecular complexity index is 1570. The van der Waals surface area contributed by atoms with Crippen molar-refractivity contribution in [2.45, 2.75) is 13.0 Å². The quantitative estimate of drug-likeness (QED) is 0.132. The number of hydrogen-bond acceptors (Lipinski definition) is 8. The SMILES string of the molecule is COc1ccc(C2/C(=C(\O)c3cccc([N+](=O)[O-])c3)C(=O)C(=O)N2c2nc3ccc(C)cc3s2)cc1. The number of methoxy groups -OCH3 is 1. The van der Waals surface area contributed by atoms with Crippen molar-refractivity contribution in [1.29, 1.82) is 0 Å². The van der Waals surface area contributed by atoms with Crippen molar-refractivity contribution in [2.75, 3.05) is 12.0 Å². The minimum absolute atomic E-state index is 0.0561. The number of nitro benzene ring substituents is 1. The second kappa shape index (κ2) is 8.90. The molecule has 5 rings (SSSR count). The number of aliphatic hydroxyl groups excluding tert-OH is 1. The van der Waals surface area contributed by atoms with Gasteiger partial charge in [-0.1, -0.05) is 41.7 Å². The van der Waals surface area contributed by atoms with E-state index in [0.29, 0.717) is 22.0 Å². The molecule has 1 aromatic heterocycles. The fraction of sp³-hybridized carbons (Fsp3) is 0.115. The Morgan fingerprint density at radius 2 is 1.86 bits per heavy atom. The Labute approximate surface area is 209 Å². The van der Waals surface area contributed by atoms with Crippen molar-refractivity contribution < 1.29 is 24.4 Å². The van der Waals surface area contributed by atoms with Gasteiger partial charge in [-0.15, -0.1) is 0 Å². The fourth-order valence-electron chi connectivity index (χ4n) is 4.18. The molecule has 0 spiro atoms. The van der Waals surface area contributed by atoms with Gasteiger partial charge in [0.05, 0.1) is 33.9 Å². The number of hydrogen-bond donors (Lipinski definition) is 1. The molecule has 180 valence electrons. The first-order chi connectivity index (χ1) is 17.3. The van der Waals surface area contributed by atoms with Crippen molar-refractivity contribution in [3.05, 3.63) is 99.1 Å². The van der Waals surface area contributed by atoms with Crippen molar-refractivity contribution in [2.24, 2.45) is 0 Å². The summed E-state index contributed by atoms with van der Waals surface area (Å²) in [5, 5.41) is 22.8. The highest BCUT2D eigenvalue weighted by atomic mass is 32.1. The highest BCUT2D eigenvalue weighted by Gasteiger charge is 2.48. The van der Waals surface area contributed by atoms with Crippen LogP contribution in [0.25, 0.3) is 16.0 Å². The van der Waals surface area contributed by atoms with Crippen molar-refractivity contribution in [3.8, 4) is 5.75 Å². The van der Waals surface area contributed by atoms with Crippen LogP contribution in [-0.2, 0) is 9.59 Å². The van der Waals surface area contributed by atoms with E-state index in [-0.39, 0.29) is 16.8 Å². The standard InChI is InChI=1S/C26H19N3O6S/c1-14-6-11-19-20(12-14)36-26(27-19)28-22(15-7-9-18(35-2)10-8-15)21(24(31)25(28)32)23(30)16-4-3-5-17(13-16)29(33)34/h3-13,22,30H,1-2H3/b23-21+. The highest BCUT2D eigenvalue weighted by Crippen LogP contribution is 2.44. The second-order valence-corrected chi connectivity index (χ2v) is 9.23. The van der Waals surface area contributed by atoms with E-state index in [4.69, 9.17) is 4.74 Å². The second-order valence-electron chi connectivity index (χ2n) is 8.22. The molecule has 0 saturated carbocycles. The number of anilines is 1. The number of nitro groups is 1. The molecule has 1 amide bonds. The summed E-state index contributed by atoms with van der Waals surface area (Å²) in [7, 11) is 1.52. The summed E-state index contributed by atoms with van der Waals surface area (Å²) in [6, 6.07) is 16.7. The van der Waals surface area contributed by atoms with Crippen molar-refractivity contribution in [1.82, 2.24) is 4.98 Å². The van der Waals surface area contributed by atoms with Gasteiger partial charge in [-0.2, -0.15) is 0 Å². The number of Topliss-reactive ketones (excluding diaryl/α,β-unsaturated/α-hetero) is 1. The summed E-state index contributed by atoms with van der Waals surface area (Å²) in [5.74, 6) is -1.68. The molecule has 0 aliphatic carbocycles. The molecule has 2 heterocycles. The maximum atomic E-state index is 13.3. The minimum Gasteiger partial charge on any atom is -0.507 e. The Morgan fingerprint density at radius 1 is 1.11 bits per heavy atom. The number of thiazole rings is 1. The number of nitrogens with zero attached hydrogens (tertiary/aromatic N) is 3. The summed E-state index contributed by atoms with van der Waals surface area (Å²) < 4.78 is 6.08. The number of carbonyl (C=O) groups excluding carboxylic acids is 2. The van der Waals surface area contributed by atoms with Gasteiger partial charge in [-0.05, 0) is 42.3 Å². The number of aryl methyl sites for hydroxylation is 1. The molecule has 1 saturated heterocycles. The van der Waals surface area contributed by atoms with Crippen molar-refractivity contribution in [3.63, 3.8) is 0 Å². The molecule has 4 aromatic rings. The van der Waals surface area contributed by atoms with Crippen LogP contribution in [0, 0.1) is 17.0 Å². The van der Waals surface area contributed by atoms with Gasteiger partial charge in [0.2, 0.25) is 0 Å². The van der Waals surface area contributed by atoms with Crippen LogP contribution in [0.5, 0.6) is 5.75 Å². The average Bonchev–Trinajstić information content (AvgIpc) is 3.41. The average molecular weight is 502 g/mol. The molecule has 36 heavy (non-hydrogen) atoms. The Balaban J connectivity index is 1.72. The first-order valence-electron chi connectivity index (χ1n) is 10.9. The Morgan fingerprint density at radius 3 is 2.56 bits per heavy atom. The molecule has 1 aliphatic rings. The molecule has 1 aliphatic heterocycles. The van der Waals surface area contributed by atoms with Crippen LogP contribution in [0.15, 0.2) is 72.3 Å². The Hall–Kier alpha value is -4.57. The van der Waals surface area contributed by atoms with Gasteiger partial charge in [0.15, 0.2) is 5.13 Å². The molecule has 1 atom stereocenters. The smallest absolute Gasteiger partial charge is 0.301 e. The number of ether oxygens (including phenoxy) is 1. The maximum Gasteiger partial charge on any atom is 0.301 e. The third-order valence-corrected chi connectivity index (χ3v) is 6.96. The lowest BCUT2D eigenvalue weighted by Gasteiger charge is -2.23. The van der Waals surface area contributed by atoms with Crippen LogP contribution in [0.2, 0.25) is 0 Å². The van der Waals surface area contributed by atoms with Crippen molar-refractivity contribution >= 4 is 49.8 Å². The van der Waals surface area contributed by atoms with Crippen LogP contribution < -0.4 is 9.64 Å². The first-order valence-corrected chi connectivity index (χ1v) is 11.7. The third-order valence-electron chi connectivity index (χ3n) is 5.95. The van der Waals surface area contributed by atoms with Gasteiger partial charge in [0.25, 0.3) is 11.5 Å². The number of aromatic nitrogens is 1. The lowest BCUT2D eigenvalue weighted by molar-refractivity contribution is -0.384. The molecule has 10 heteroatoms. The number of non-ortho nitro benzene ring substituents is 1. The van der Waals surface area contributed by atoms with Crippen LogP contribution in [-0.4, -0.2) is 33.8 Å². The molecular formula is C26H19N3O6S. The van der Waals surface area contributed by atoms with Gasteiger partial charge < -0.3 is 9.84 Å². The fourth-order valence-corrected chi connectivity index (χ4v) is 5.27. The number of benzene rings is 3. The largest absolute Gasteiger partial charge is 0.507 e. The lowest BCUT2D eigenvalue weighted by atomic mass is 9.95. The molecular weight excluding hydrogens is 482 g/mol. The summed E-state index contributed by atoms with van der Waals surface area (Å²) >= 11 is 1.26. The normalized spacial score (nSPS) is 17.1. The predicted molar refractivity (Wildman–Crippen MR) is 135 cm³/mol. The molecule has 0 radical (unpaired) electrons. The van der Waals surface area contributed by atoms with E-state index < -0.39 is 28.4 Å². The van der Waals surface area contributed by atoms with E-state index in [1.54, 1.807) is 24.3 Å². The summed E-state index contributed by atoms with van der Waals surface area (Å²) in [5.41, 5.74) is 1.86. The van der Waals surface area contributed by atoms with E-state index in [1.165, 1.54) is 41.5 Å². The van der Waals surface area contributed by atoms with Crippen LogP contribution in [0.3, 0.4) is 0 Å². The zero-order valence-electron chi connectivity index (χ0n) is 19.2. The zero-order chi connectivity index (χ0) is 25.6. The predicted octanol–water partition coefficient (Wildman–Crippen LogP) is 5.15. The van der Waals surface area contributed by atoms with Crippen LogP contribution in [0.1, 0.15) is 22.7 Å². The van der Waals surface area contributed by atoms with Gasteiger partial charge >= 0.3 is 5.91 Å². The van der Waals surface area contributed by atoms with Crippen LogP contribution in [0.4, 0.5) is 10.8 Å². The molecule has 1 unspecified atom stereocenters. The molecule has 1 fully saturated rings. The van der Waals surface area contributed by atoms with Gasteiger partial charge in [-0.25, -0.2) is 4.98 Å². The van der Waals surface area contributed by atoms with E-state index in [9.17, 15) is 24.8 Å². The number of ketones is 1. The van der Waals surface area contributed by atoms with E-state index in [1.807, 2.05) is 25.1 Å². The maximum absolute atomic E-state index is 13.3. The van der Waals surface area contributed by atoms with Gasteiger partial charge in [-0.3, -0.25) is 24.6 Å². The number of amides is 1. The monoisotopic (exact) mass is 501 g/mol. The van der Waals surface area contributed by atoms with E-state index in [2.05, 4.69) is 4.98 Å². The van der Waals surface area contributed by atoms with E-state index in [0.717, 1.165) is 16.3 Å². The number of aliphatic hydroxyl groups is 1. The first kappa shape index (κ1) is 23.2. The number of carbonyl (C=O) groups is 2. The summed E-state index contributed by atoms with van der Waals surface area (Å²) in [4.78, 5) is 43.2.